The van der Waals surface area contributed by atoms with E-state index in [1.165, 1.54) is 11.3 Å². The SMILES string of the molecule is Cc1ccc(S(=O)(=O)Nc2nc(C(C)(C)C)cs2)cc1. The first kappa shape index (κ1) is 15.0. The maximum Gasteiger partial charge on any atom is 0.263 e. The lowest BCUT2D eigenvalue weighted by Gasteiger charge is -2.14. The smallest absolute Gasteiger partial charge is 0.255 e. The molecule has 1 N–H and O–H groups in total. The fourth-order valence-corrected chi connectivity index (χ4v) is 3.75. The van der Waals surface area contributed by atoms with Gasteiger partial charge in [-0.2, -0.15) is 0 Å². The Bertz CT molecular complexity index is 696. The van der Waals surface area contributed by atoms with E-state index in [4.69, 9.17) is 0 Å². The molecule has 0 aliphatic carbocycles. The zero-order chi connectivity index (χ0) is 15.0. The molecule has 1 aromatic carbocycles. The van der Waals surface area contributed by atoms with Crippen LogP contribution in [0.1, 0.15) is 32.0 Å². The van der Waals surface area contributed by atoms with Crippen LogP contribution in [0.2, 0.25) is 0 Å². The lowest BCUT2D eigenvalue weighted by atomic mass is 9.93. The number of thiazole rings is 1. The number of hydrogen-bond acceptors (Lipinski definition) is 4. The van der Waals surface area contributed by atoms with Gasteiger partial charge in [0, 0.05) is 10.8 Å². The van der Waals surface area contributed by atoms with Crippen molar-refractivity contribution in [1.29, 1.82) is 0 Å². The number of benzene rings is 1. The van der Waals surface area contributed by atoms with Crippen LogP contribution in [0.3, 0.4) is 0 Å². The minimum Gasteiger partial charge on any atom is -0.255 e. The standard InChI is InChI=1S/C14H18N2O2S2/c1-10-5-7-11(8-6-10)20(17,18)16-13-15-12(9-19-13)14(2,3)4/h5-9H,1-4H3,(H,15,16). The predicted octanol–water partition coefficient (Wildman–Crippen LogP) is 3.55. The summed E-state index contributed by atoms with van der Waals surface area (Å²) in [4.78, 5) is 4.58. The molecule has 0 saturated heterocycles. The Balaban J connectivity index is 2.25. The average Bonchev–Trinajstić information content (AvgIpc) is 2.77. The molecule has 0 fully saturated rings. The number of sulfonamides is 1. The normalized spacial score (nSPS) is 12.4. The molecule has 0 spiro atoms. The Hall–Kier alpha value is -1.40. The van der Waals surface area contributed by atoms with Gasteiger partial charge in [0.15, 0.2) is 5.13 Å². The van der Waals surface area contributed by atoms with Crippen molar-refractivity contribution in [3.63, 3.8) is 0 Å². The van der Waals surface area contributed by atoms with Crippen LogP contribution in [0.25, 0.3) is 0 Å². The number of anilines is 1. The van der Waals surface area contributed by atoms with E-state index >= 15 is 0 Å². The third kappa shape index (κ3) is 3.37. The number of hydrogen-bond donors (Lipinski definition) is 1. The van der Waals surface area contributed by atoms with E-state index in [0.29, 0.717) is 5.13 Å². The van der Waals surface area contributed by atoms with Crippen LogP contribution in [-0.4, -0.2) is 13.4 Å². The van der Waals surface area contributed by atoms with Gasteiger partial charge in [-0.1, -0.05) is 38.5 Å². The molecule has 0 bridgehead atoms. The van der Waals surface area contributed by atoms with Crippen molar-refractivity contribution in [1.82, 2.24) is 4.98 Å². The van der Waals surface area contributed by atoms with E-state index in [0.717, 1.165) is 11.3 Å². The third-order valence-corrected chi connectivity index (χ3v) is 5.07. The summed E-state index contributed by atoms with van der Waals surface area (Å²) in [6.07, 6.45) is 0. The van der Waals surface area contributed by atoms with Gasteiger partial charge in [-0.15, -0.1) is 11.3 Å². The van der Waals surface area contributed by atoms with Gasteiger partial charge in [-0.3, -0.25) is 4.72 Å². The van der Waals surface area contributed by atoms with Crippen molar-refractivity contribution in [2.45, 2.75) is 38.0 Å². The molecular formula is C14H18N2O2S2. The van der Waals surface area contributed by atoms with Gasteiger partial charge in [0.25, 0.3) is 10.0 Å². The van der Waals surface area contributed by atoms with Crippen LogP contribution < -0.4 is 4.72 Å². The van der Waals surface area contributed by atoms with Gasteiger partial charge >= 0.3 is 0 Å². The molecule has 0 saturated carbocycles. The molecule has 2 rings (SSSR count). The monoisotopic (exact) mass is 310 g/mol. The summed E-state index contributed by atoms with van der Waals surface area (Å²) in [5, 5.41) is 2.28. The van der Waals surface area contributed by atoms with Crippen LogP contribution in [0.4, 0.5) is 5.13 Å². The van der Waals surface area contributed by atoms with Crippen LogP contribution in [0, 0.1) is 6.92 Å². The first-order valence-corrected chi connectivity index (χ1v) is 8.60. The summed E-state index contributed by atoms with van der Waals surface area (Å²) in [6.45, 7) is 8.04. The summed E-state index contributed by atoms with van der Waals surface area (Å²) in [7, 11) is -3.56. The molecule has 1 heterocycles. The predicted molar refractivity (Wildman–Crippen MR) is 82.8 cm³/mol. The second-order valence-corrected chi connectivity index (χ2v) is 8.25. The number of aromatic nitrogens is 1. The molecule has 4 nitrogen and oxygen atoms in total. The van der Waals surface area contributed by atoms with Gasteiger partial charge in [0.2, 0.25) is 0 Å². The van der Waals surface area contributed by atoms with E-state index in [1.54, 1.807) is 24.3 Å². The number of nitrogens with one attached hydrogen (secondary N) is 1. The minimum atomic E-state index is -3.56. The Morgan fingerprint density at radius 2 is 1.75 bits per heavy atom. The van der Waals surface area contributed by atoms with Crippen molar-refractivity contribution in [2.24, 2.45) is 0 Å². The van der Waals surface area contributed by atoms with Crippen molar-refractivity contribution in [3.8, 4) is 0 Å². The molecule has 1 aromatic heterocycles. The van der Waals surface area contributed by atoms with Crippen LogP contribution in [-0.2, 0) is 15.4 Å². The second-order valence-electron chi connectivity index (χ2n) is 5.71. The maximum atomic E-state index is 12.2. The highest BCUT2D eigenvalue weighted by Crippen LogP contribution is 2.27. The topological polar surface area (TPSA) is 59.1 Å². The van der Waals surface area contributed by atoms with Crippen molar-refractivity contribution < 1.29 is 8.42 Å². The minimum absolute atomic E-state index is 0.0932. The summed E-state index contributed by atoms with van der Waals surface area (Å²) >= 11 is 1.30. The lowest BCUT2D eigenvalue weighted by Crippen LogP contribution is -2.14. The first-order valence-electron chi connectivity index (χ1n) is 6.24. The van der Waals surface area contributed by atoms with Gasteiger partial charge in [-0.05, 0) is 19.1 Å². The van der Waals surface area contributed by atoms with Gasteiger partial charge < -0.3 is 0 Å². The maximum absolute atomic E-state index is 12.2. The van der Waals surface area contributed by atoms with Gasteiger partial charge in [0.1, 0.15) is 0 Å². The molecule has 0 atom stereocenters. The zero-order valence-corrected chi connectivity index (χ0v) is 13.6. The van der Waals surface area contributed by atoms with Gasteiger partial charge in [-0.25, -0.2) is 13.4 Å². The van der Waals surface area contributed by atoms with E-state index in [2.05, 4.69) is 9.71 Å². The highest BCUT2D eigenvalue weighted by molar-refractivity contribution is 7.93. The van der Waals surface area contributed by atoms with E-state index in [9.17, 15) is 8.42 Å². The summed E-state index contributed by atoms with van der Waals surface area (Å²) in [5.74, 6) is 0. The van der Waals surface area contributed by atoms with E-state index < -0.39 is 10.0 Å². The molecule has 0 amide bonds. The fraction of sp³-hybridized carbons (Fsp3) is 0.357. The van der Waals surface area contributed by atoms with Crippen LogP contribution in [0.5, 0.6) is 0 Å². The van der Waals surface area contributed by atoms with E-state index in [-0.39, 0.29) is 10.3 Å². The Morgan fingerprint density at radius 3 is 2.25 bits per heavy atom. The summed E-state index contributed by atoms with van der Waals surface area (Å²) in [5.41, 5.74) is 1.81. The number of nitrogens with zero attached hydrogens (tertiary/aromatic N) is 1. The van der Waals surface area contributed by atoms with Crippen LogP contribution in [0.15, 0.2) is 34.5 Å². The molecule has 0 aliphatic heterocycles. The Morgan fingerprint density at radius 1 is 1.15 bits per heavy atom. The first-order chi connectivity index (χ1) is 9.18. The van der Waals surface area contributed by atoms with Crippen molar-refractivity contribution in [2.75, 3.05) is 4.72 Å². The Labute approximate surface area is 123 Å². The van der Waals surface area contributed by atoms with Gasteiger partial charge in [0.05, 0.1) is 10.6 Å². The lowest BCUT2D eigenvalue weighted by molar-refractivity contribution is 0.573. The third-order valence-electron chi connectivity index (χ3n) is 2.83. The largest absolute Gasteiger partial charge is 0.263 e. The Kier molecular flexibility index (Phi) is 3.88. The quantitative estimate of drug-likeness (QED) is 0.943. The molecule has 0 unspecified atom stereocenters. The molecule has 0 aliphatic rings. The number of aryl methyl sites for hydroxylation is 1. The molecule has 2 aromatic rings. The summed E-state index contributed by atoms with van der Waals surface area (Å²) < 4.78 is 27.0. The average molecular weight is 310 g/mol. The zero-order valence-electron chi connectivity index (χ0n) is 12.0. The molecule has 6 heteroatoms. The van der Waals surface area contributed by atoms with E-state index in [1.807, 2.05) is 33.1 Å². The van der Waals surface area contributed by atoms with Crippen LogP contribution >= 0.6 is 11.3 Å². The molecule has 0 radical (unpaired) electrons. The van der Waals surface area contributed by atoms with Crippen molar-refractivity contribution >= 4 is 26.5 Å². The summed E-state index contributed by atoms with van der Waals surface area (Å²) in [6, 6.07) is 6.74. The highest BCUT2D eigenvalue weighted by atomic mass is 32.2. The second kappa shape index (κ2) is 5.18. The fourth-order valence-electron chi connectivity index (χ4n) is 1.56. The van der Waals surface area contributed by atoms with Crippen molar-refractivity contribution in [3.05, 3.63) is 40.9 Å². The highest BCUT2D eigenvalue weighted by Gasteiger charge is 2.20. The molecule has 20 heavy (non-hydrogen) atoms. The molecular weight excluding hydrogens is 292 g/mol. The molecule has 108 valence electrons. The number of rotatable bonds is 3.